The third-order valence-electron chi connectivity index (χ3n) is 3.30. The summed E-state index contributed by atoms with van der Waals surface area (Å²) in [5.41, 5.74) is 0. The molecule has 0 bridgehead atoms. The lowest BCUT2D eigenvalue weighted by Crippen LogP contribution is -2.42. The van der Waals surface area contributed by atoms with Crippen molar-refractivity contribution in [1.29, 1.82) is 0 Å². The smallest absolute Gasteiger partial charge is 0.264 e. The van der Waals surface area contributed by atoms with Gasteiger partial charge in [0, 0.05) is 6.54 Å². The fourth-order valence-electron chi connectivity index (χ4n) is 2.36. The molecular weight excluding hydrogens is 308 g/mol. The molecule has 8 heteroatoms. The van der Waals surface area contributed by atoms with E-state index < -0.39 is 6.04 Å². The summed E-state index contributed by atoms with van der Waals surface area (Å²) >= 11 is 2.72. The molecule has 3 rings (SSSR count). The maximum absolute atomic E-state index is 12.4. The van der Waals surface area contributed by atoms with Gasteiger partial charge in [-0.2, -0.15) is 0 Å². The lowest BCUT2D eigenvalue weighted by molar-refractivity contribution is -0.119. The van der Waals surface area contributed by atoms with Crippen molar-refractivity contribution in [2.45, 2.75) is 25.8 Å². The van der Waals surface area contributed by atoms with E-state index in [1.165, 1.54) is 22.7 Å². The minimum absolute atomic E-state index is 0.0731. The lowest BCUT2D eigenvalue weighted by atomic mass is 10.2. The third-order valence-corrected chi connectivity index (χ3v) is 4.92. The van der Waals surface area contributed by atoms with E-state index >= 15 is 0 Å². The first kappa shape index (κ1) is 14.2. The van der Waals surface area contributed by atoms with Crippen LogP contribution in [0.15, 0.2) is 17.5 Å². The molecule has 2 aromatic heterocycles. The zero-order valence-electron chi connectivity index (χ0n) is 11.4. The molecule has 0 aliphatic carbocycles. The van der Waals surface area contributed by atoms with Gasteiger partial charge < -0.3 is 4.90 Å². The first-order chi connectivity index (χ1) is 10.1. The van der Waals surface area contributed by atoms with E-state index in [0.29, 0.717) is 23.0 Å². The second kappa shape index (κ2) is 5.90. The van der Waals surface area contributed by atoms with Gasteiger partial charge in [-0.1, -0.05) is 17.4 Å². The van der Waals surface area contributed by atoms with Crippen molar-refractivity contribution in [2.24, 2.45) is 0 Å². The molecule has 0 spiro atoms. The highest BCUT2D eigenvalue weighted by atomic mass is 32.1. The molecule has 1 saturated heterocycles. The van der Waals surface area contributed by atoms with Crippen molar-refractivity contribution >= 4 is 39.6 Å². The number of nitrogens with zero attached hydrogens (tertiary/aromatic N) is 3. The van der Waals surface area contributed by atoms with Crippen LogP contribution in [0.2, 0.25) is 0 Å². The van der Waals surface area contributed by atoms with Crippen LogP contribution >= 0.6 is 22.7 Å². The molecule has 110 valence electrons. The van der Waals surface area contributed by atoms with Gasteiger partial charge in [0.2, 0.25) is 11.0 Å². The molecular formula is C13H14N4O2S2. The molecule has 1 fully saturated rings. The van der Waals surface area contributed by atoms with Crippen molar-refractivity contribution in [1.82, 2.24) is 15.1 Å². The first-order valence-corrected chi connectivity index (χ1v) is 8.30. The Labute approximate surface area is 129 Å². The number of likely N-dealkylation sites (tertiary alicyclic amines) is 1. The van der Waals surface area contributed by atoms with Gasteiger partial charge in [0.15, 0.2) is 0 Å². The summed E-state index contributed by atoms with van der Waals surface area (Å²) < 4.78 is 0. The standard InChI is InChI=1S/C13H14N4O2S2/c1-8-15-16-13(21-8)14-11(18)9-4-2-6-17(9)12(19)10-5-3-7-20-10/h3,5,7,9H,2,4,6H2,1H3,(H,14,16,18). The van der Waals surface area contributed by atoms with Gasteiger partial charge in [0.1, 0.15) is 11.0 Å². The average molecular weight is 322 g/mol. The van der Waals surface area contributed by atoms with Crippen molar-refractivity contribution in [2.75, 3.05) is 11.9 Å². The van der Waals surface area contributed by atoms with E-state index in [1.807, 2.05) is 18.4 Å². The second-order valence-corrected chi connectivity index (χ2v) is 6.88. The van der Waals surface area contributed by atoms with E-state index in [4.69, 9.17) is 0 Å². The van der Waals surface area contributed by atoms with Crippen LogP contribution < -0.4 is 5.32 Å². The third kappa shape index (κ3) is 2.96. The van der Waals surface area contributed by atoms with Crippen molar-refractivity contribution in [3.8, 4) is 0 Å². The van der Waals surface area contributed by atoms with E-state index in [0.717, 1.165) is 11.4 Å². The Morgan fingerprint density at radius 1 is 1.43 bits per heavy atom. The summed E-state index contributed by atoms with van der Waals surface area (Å²) in [5, 5.41) is 13.6. The van der Waals surface area contributed by atoms with Gasteiger partial charge in [-0.05, 0) is 31.2 Å². The molecule has 0 radical (unpaired) electrons. The summed E-state index contributed by atoms with van der Waals surface area (Å²) in [4.78, 5) is 27.1. The van der Waals surface area contributed by atoms with Crippen LogP contribution in [0.25, 0.3) is 0 Å². The minimum Gasteiger partial charge on any atom is -0.326 e. The summed E-state index contributed by atoms with van der Waals surface area (Å²) in [6, 6.07) is 3.20. The molecule has 2 amide bonds. The maximum Gasteiger partial charge on any atom is 0.264 e. The molecule has 0 saturated carbocycles. The Hall–Kier alpha value is -1.80. The molecule has 1 N–H and O–H groups in total. The average Bonchev–Trinajstić information content (AvgIpc) is 3.19. The number of hydrogen-bond acceptors (Lipinski definition) is 6. The maximum atomic E-state index is 12.4. The molecule has 2 aromatic rings. The van der Waals surface area contributed by atoms with Gasteiger partial charge in [-0.3, -0.25) is 14.9 Å². The molecule has 6 nitrogen and oxygen atoms in total. The summed E-state index contributed by atoms with van der Waals surface area (Å²) in [7, 11) is 0. The molecule has 3 heterocycles. The Bertz CT molecular complexity index is 653. The van der Waals surface area contributed by atoms with Gasteiger partial charge in [0.25, 0.3) is 5.91 Å². The van der Waals surface area contributed by atoms with Crippen LogP contribution in [0.3, 0.4) is 0 Å². The van der Waals surface area contributed by atoms with E-state index in [-0.39, 0.29) is 11.8 Å². The van der Waals surface area contributed by atoms with Crippen LogP contribution in [-0.4, -0.2) is 39.5 Å². The molecule has 0 aromatic carbocycles. The van der Waals surface area contributed by atoms with Crippen molar-refractivity contribution < 1.29 is 9.59 Å². The van der Waals surface area contributed by atoms with Crippen molar-refractivity contribution in [3.63, 3.8) is 0 Å². The molecule has 1 unspecified atom stereocenters. The van der Waals surface area contributed by atoms with Crippen LogP contribution in [0.5, 0.6) is 0 Å². The first-order valence-electron chi connectivity index (χ1n) is 6.60. The highest BCUT2D eigenvalue weighted by molar-refractivity contribution is 7.15. The largest absolute Gasteiger partial charge is 0.326 e. The summed E-state index contributed by atoms with van der Waals surface area (Å²) in [6.07, 6.45) is 1.52. The predicted molar refractivity (Wildman–Crippen MR) is 81.7 cm³/mol. The van der Waals surface area contributed by atoms with E-state index in [9.17, 15) is 9.59 Å². The van der Waals surface area contributed by atoms with Crippen LogP contribution in [0.1, 0.15) is 27.5 Å². The zero-order chi connectivity index (χ0) is 14.8. The highest BCUT2D eigenvalue weighted by Gasteiger charge is 2.35. The number of aromatic nitrogens is 2. The zero-order valence-corrected chi connectivity index (χ0v) is 13.0. The van der Waals surface area contributed by atoms with Crippen molar-refractivity contribution in [3.05, 3.63) is 27.4 Å². The number of thiophene rings is 1. The van der Waals surface area contributed by atoms with Crippen LogP contribution in [0.4, 0.5) is 5.13 Å². The number of hydrogen-bond donors (Lipinski definition) is 1. The Balaban J connectivity index is 1.71. The fourth-order valence-corrected chi connectivity index (χ4v) is 3.63. The normalized spacial score (nSPS) is 18.0. The quantitative estimate of drug-likeness (QED) is 0.939. The number of aryl methyl sites for hydroxylation is 1. The van der Waals surface area contributed by atoms with E-state index in [2.05, 4.69) is 15.5 Å². The molecule has 1 atom stereocenters. The Morgan fingerprint density at radius 2 is 2.29 bits per heavy atom. The van der Waals surface area contributed by atoms with Gasteiger partial charge in [-0.15, -0.1) is 21.5 Å². The highest BCUT2D eigenvalue weighted by Crippen LogP contribution is 2.24. The number of amides is 2. The fraction of sp³-hybridized carbons (Fsp3) is 0.385. The van der Waals surface area contributed by atoms with E-state index in [1.54, 1.807) is 11.0 Å². The number of carbonyl (C=O) groups excluding carboxylic acids is 2. The monoisotopic (exact) mass is 322 g/mol. The number of carbonyl (C=O) groups is 2. The number of anilines is 1. The van der Waals surface area contributed by atoms with Gasteiger partial charge in [-0.25, -0.2) is 0 Å². The number of rotatable bonds is 3. The Kier molecular flexibility index (Phi) is 3.98. The summed E-state index contributed by atoms with van der Waals surface area (Å²) in [5.74, 6) is -0.260. The lowest BCUT2D eigenvalue weighted by Gasteiger charge is -2.22. The predicted octanol–water partition coefficient (Wildman–Crippen LogP) is 2.15. The SMILES string of the molecule is Cc1nnc(NC(=O)C2CCCN2C(=O)c2cccs2)s1. The summed E-state index contributed by atoms with van der Waals surface area (Å²) in [6.45, 7) is 2.44. The van der Waals surface area contributed by atoms with Crippen LogP contribution in [-0.2, 0) is 4.79 Å². The van der Waals surface area contributed by atoms with Gasteiger partial charge in [0.05, 0.1) is 4.88 Å². The molecule has 21 heavy (non-hydrogen) atoms. The minimum atomic E-state index is -0.427. The second-order valence-electron chi connectivity index (χ2n) is 4.75. The Morgan fingerprint density at radius 3 is 2.95 bits per heavy atom. The number of nitrogens with one attached hydrogen (secondary N) is 1. The van der Waals surface area contributed by atoms with Crippen LogP contribution in [0, 0.1) is 6.92 Å². The molecule has 1 aliphatic heterocycles. The van der Waals surface area contributed by atoms with Gasteiger partial charge >= 0.3 is 0 Å². The topological polar surface area (TPSA) is 75.2 Å². The molecule has 1 aliphatic rings.